The van der Waals surface area contributed by atoms with Crippen molar-refractivity contribution < 1.29 is 9.18 Å². The number of nitrogens with one attached hydrogen (secondary N) is 1. The van der Waals surface area contributed by atoms with Crippen molar-refractivity contribution in [3.63, 3.8) is 0 Å². The van der Waals surface area contributed by atoms with E-state index in [9.17, 15) is 9.18 Å². The van der Waals surface area contributed by atoms with Crippen molar-refractivity contribution in [2.24, 2.45) is 5.41 Å². The van der Waals surface area contributed by atoms with E-state index in [0.29, 0.717) is 17.7 Å². The number of aryl methyl sites for hydroxylation is 1. The summed E-state index contributed by atoms with van der Waals surface area (Å²) >= 11 is 0. The number of amides is 1. The number of hydrogen-bond donors (Lipinski definition) is 1. The van der Waals surface area contributed by atoms with Gasteiger partial charge in [-0.05, 0) is 69.1 Å². The van der Waals surface area contributed by atoms with Gasteiger partial charge in [-0.25, -0.2) is 4.39 Å². The van der Waals surface area contributed by atoms with E-state index in [4.69, 9.17) is 0 Å². The fourth-order valence-corrected chi connectivity index (χ4v) is 2.52. The Morgan fingerprint density at radius 3 is 2.65 bits per heavy atom. The van der Waals surface area contributed by atoms with Gasteiger partial charge < -0.3 is 10.2 Å². The molecule has 2 rings (SSSR count). The van der Waals surface area contributed by atoms with Crippen LogP contribution in [0.15, 0.2) is 18.2 Å². The molecule has 0 aromatic heterocycles. The van der Waals surface area contributed by atoms with Crippen LogP contribution in [-0.4, -0.2) is 37.5 Å². The fraction of sp³-hybridized carbons (Fsp3) is 0.562. The minimum atomic E-state index is -0.274. The fourth-order valence-electron chi connectivity index (χ4n) is 2.52. The number of halogens is 1. The average molecular weight is 278 g/mol. The molecule has 1 heterocycles. The summed E-state index contributed by atoms with van der Waals surface area (Å²) in [5.41, 5.74) is 1.20. The molecule has 1 fully saturated rings. The molecule has 1 saturated heterocycles. The van der Waals surface area contributed by atoms with E-state index in [2.05, 4.69) is 24.2 Å². The van der Waals surface area contributed by atoms with Crippen LogP contribution in [0, 0.1) is 18.2 Å². The molecular weight excluding hydrogens is 255 g/mol. The molecule has 0 atom stereocenters. The summed E-state index contributed by atoms with van der Waals surface area (Å²) in [6, 6.07) is 4.48. The van der Waals surface area contributed by atoms with Gasteiger partial charge in [0.15, 0.2) is 0 Å². The summed E-state index contributed by atoms with van der Waals surface area (Å²) in [7, 11) is 2.12. The summed E-state index contributed by atoms with van der Waals surface area (Å²) in [6.07, 6.45) is 2.18. The summed E-state index contributed by atoms with van der Waals surface area (Å²) in [6.45, 7) is 6.71. The molecule has 20 heavy (non-hydrogen) atoms. The van der Waals surface area contributed by atoms with E-state index in [-0.39, 0.29) is 17.1 Å². The third kappa shape index (κ3) is 3.57. The summed E-state index contributed by atoms with van der Waals surface area (Å²) in [5, 5.41) is 2.99. The number of benzene rings is 1. The first-order valence-corrected chi connectivity index (χ1v) is 7.13. The van der Waals surface area contributed by atoms with Gasteiger partial charge in [0.2, 0.25) is 0 Å². The molecule has 110 valence electrons. The highest BCUT2D eigenvalue weighted by Crippen LogP contribution is 2.29. The third-order valence-electron chi connectivity index (χ3n) is 4.29. The summed E-state index contributed by atoms with van der Waals surface area (Å²) in [5.74, 6) is -0.392. The minimum absolute atomic E-state index is 0.117. The summed E-state index contributed by atoms with van der Waals surface area (Å²) in [4.78, 5) is 14.4. The topological polar surface area (TPSA) is 32.3 Å². The molecule has 0 radical (unpaired) electrons. The molecule has 0 saturated carbocycles. The Bertz CT molecular complexity index is 493. The second kappa shape index (κ2) is 5.92. The predicted molar refractivity (Wildman–Crippen MR) is 78.3 cm³/mol. The van der Waals surface area contributed by atoms with E-state index < -0.39 is 0 Å². The largest absolute Gasteiger partial charge is 0.351 e. The van der Waals surface area contributed by atoms with Crippen LogP contribution in [0.4, 0.5) is 4.39 Å². The van der Waals surface area contributed by atoms with Crippen LogP contribution in [0.5, 0.6) is 0 Å². The van der Waals surface area contributed by atoms with Crippen LogP contribution < -0.4 is 5.32 Å². The number of hydrogen-bond acceptors (Lipinski definition) is 2. The van der Waals surface area contributed by atoms with E-state index >= 15 is 0 Å². The molecule has 0 unspecified atom stereocenters. The molecule has 0 aliphatic carbocycles. The number of piperidine rings is 1. The lowest BCUT2D eigenvalue weighted by molar-refractivity contribution is 0.0891. The van der Waals surface area contributed by atoms with E-state index in [1.807, 2.05) is 0 Å². The number of rotatable bonds is 3. The molecule has 1 aromatic rings. The van der Waals surface area contributed by atoms with E-state index in [0.717, 1.165) is 25.9 Å². The highest BCUT2D eigenvalue weighted by Gasteiger charge is 2.29. The molecule has 4 heteroatoms. The van der Waals surface area contributed by atoms with Crippen molar-refractivity contribution in [1.29, 1.82) is 0 Å². The van der Waals surface area contributed by atoms with Crippen LogP contribution in [-0.2, 0) is 0 Å². The minimum Gasteiger partial charge on any atom is -0.351 e. The normalized spacial score (nSPS) is 18.8. The number of nitrogens with zero attached hydrogens (tertiary/aromatic N) is 1. The second-order valence-electron chi connectivity index (χ2n) is 6.26. The van der Waals surface area contributed by atoms with Crippen molar-refractivity contribution >= 4 is 5.91 Å². The van der Waals surface area contributed by atoms with Crippen molar-refractivity contribution in [2.45, 2.75) is 26.7 Å². The van der Waals surface area contributed by atoms with Crippen LogP contribution in [0.25, 0.3) is 0 Å². The third-order valence-corrected chi connectivity index (χ3v) is 4.29. The van der Waals surface area contributed by atoms with Crippen molar-refractivity contribution in [2.75, 3.05) is 26.7 Å². The van der Waals surface area contributed by atoms with Gasteiger partial charge in [-0.2, -0.15) is 0 Å². The van der Waals surface area contributed by atoms with Gasteiger partial charge in [0, 0.05) is 12.1 Å². The molecule has 1 aliphatic heterocycles. The lowest BCUT2D eigenvalue weighted by atomic mass is 9.80. The lowest BCUT2D eigenvalue weighted by Gasteiger charge is -2.37. The van der Waals surface area contributed by atoms with Gasteiger partial charge in [0.05, 0.1) is 0 Å². The molecule has 1 N–H and O–H groups in total. The average Bonchev–Trinajstić information content (AvgIpc) is 2.43. The maximum absolute atomic E-state index is 13.2. The number of carbonyl (C=O) groups excluding carboxylic acids is 1. The maximum atomic E-state index is 13.2. The number of likely N-dealkylation sites (tertiary alicyclic amines) is 1. The van der Waals surface area contributed by atoms with Crippen molar-refractivity contribution in [1.82, 2.24) is 10.2 Å². The highest BCUT2D eigenvalue weighted by atomic mass is 19.1. The maximum Gasteiger partial charge on any atom is 0.251 e. The molecular formula is C16H23FN2O. The number of carbonyl (C=O) groups is 1. The molecule has 1 aliphatic rings. The van der Waals surface area contributed by atoms with Gasteiger partial charge in [-0.3, -0.25) is 4.79 Å². The SMILES string of the molecule is Cc1cc(C(=O)NCC2(C)CCN(C)CC2)ccc1F. The molecule has 1 amide bonds. The van der Waals surface area contributed by atoms with Gasteiger partial charge in [0.25, 0.3) is 5.91 Å². The van der Waals surface area contributed by atoms with Crippen LogP contribution in [0.2, 0.25) is 0 Å². The molecule has 3 nitrogen and oxygen atoms in total. The van der Waals surface area contributed by atoms with E-state index in [1.165, 1.54) is 12.1 Å². The first-order valence-electron chi connectivity index (χ1n) is 7.13. The highest BCUT2D eigenvalue weighted by molar-refractivity contribution is 5.94. The standard InChI is InChI=1S/C16H23FN2O/c1-12-10-13(4-5-14(12)17)15(20)18-11-16(2)6-8-19(3)9-7-16/h4-5,10H,6-9,11H2,1-3H3,(H,18,20). The zero-order valence-corrected chi connectivity index (χ0v) is 12.5. The Kier molecular flexibility index (Phi) is 4.43. The smallest absolute Gasteiger partial charge is 0.251 e. The molecule has 0 bridgehead atoms. The predicted octanol–water partition coefficient (Wildman–Crippen LogP) is 2.60. The van der Waals surface area contributed by atoms with Gasteiger partial charge in [0.1, 0.15) is 5.82 Å². The Labute approximate surface area is 120 Å². The van der Waals surface area contributed by atoms with Gasteiger partial charge in [-0.15, -0.1) is 0 Å². The quantitative estimate of drug-likeness (QED) is 0.921. The Morgan fingerprint density at radius 2 is 2.05 bits per heavy atom. The molecule has 0 spiro atoms. The van der Waals surface area contributed by atoms with Gasteiger partial charge >= 0.3 is 0 Å². The van der Waals surface area contributed by atoms with Crippen LogP contribution in [0.3, 0.4) is 0 Å². The monoisotopic (exact) mass is 278 g/mol. The first kappa shape index (κ1) is 15.0. The van der Waals surface area contributed by atoms with Crippen molar-refractivity contribution in [3.8, 4) is 0 Å². The second-order valence-corrected chi connectivity index (χ2v) is 6.26. The zero-order chi connectivity index (χ0) is 14.8. The Balaban J connectivity index is 1.93. The molecule has 1 aromatic carbocycles. The van der Waals surface area contributed by atoms with Crippen molar-refractivity contribution in [3.05, 3.63) is 35.1 Å². The van der Waals surface area contributed by atoms with Crippen LogP contribution >= 0.6 is 0 Å². The van der Waals surface area contributed by atoms with Gasteiger partial charge in [-0.1, -0.05) is 6.92 Å². The Morgan fingerprint density at radius 1 is 1.40 bits per heavy atom. The van der Waals surface area contributed by atoms with Crippen LogP contribution in [0.1, 0.15) is 35.7 Å². The lowest BCUT2D eigenvalue weighted by Crippen LogP contribution is -2.43. The zero-order valence-electron chi connectivity index (χ0n) is 12.5. The first-order chi connectivity index (χ1) is 9.39. The summed E-state index contributed by atoms with van der Waals surface area (Å²) < 4.78 is 13.2. The Hall–Kier alpha value is -1.42. The van der Waals surface area contributed by atoms with E-state index in [1.54, 1.807) is 13.0 Å².